The van der Waals surface area contributed by atoms with E-state index in [9.17, 15) is 9.59 Å². The molecule has 0 amide bonds. The number of carbonyl (C=O) groups is 2. The summed E-state index contributed by atoms with van der Waals surface area (Å²) in [5, 5.41) is 0.848. The summed E-state index contributed by atoms with van der Waals surface area (Å²) in [4.78, 5) is 28.9. The first-order valence-corrected chi connectivity index (χ1v) is 8.99. The summed E-state index contributed by atoms with van der Waals surface area (Å²) < 4.78 is 15.4. The summed E-state index contributed by atoms with van der Waals surface area (Å²) in [6.45, 7) is 1.68. The number of carbonyl (C=O) groups excluding carboxylic acids is 2. The average Bonchev–Trinajstić information content (AvgIpc) is 2.76. The van der Waals surface area contributed by atoms with Gasteiger partial charge in [0, 0.05) is 11.5 Å². The van der Waals surface area contributed by atoms with Crippen LogP contribution in [0, 0.1) is 6.92 Å². The van der Waals surface area contributed by atoms with Crippen LogP contribution in [0.2, 0.25) is 0 Å². The van der Waals surface area contributed by atoms with Gasteiger partial charge in [-0.25, -0.2) is 14.6 Å². The van der Waals surface area contributed by atoms with Crippen molar-refractivity contribution in [3.05, 3.63) is 77.0 Å². The second-order valence-electron chi connectivity index (χ2n) is 6.28. The van der Waals surface area contributed by atoms with Gasteiger partial charge >= 0.3 is 11.9 Å². The number of ether oxygens (including phenoxy) is 3. The van der Waals surface area contributed by atoms with E-state index < -0.39 is 11.9 Å². The van der Waals surface area contributed by atoms with E-state index in [0.717, 1.165) is 22.0 Å². The molecule has 2 aromatic carbocycles. The number of nitrogens with zero attached hydrogens (tertiary/aromatic N) is 1. The minimum Gasteiger partial charge on any atom is -0.497 e. The maximum absolute atomic E-state index is 12.3. The number of pyridine rings is 1. The van der Waals surface area contributed by atoms with Gasteiger partial charge < -0.3 is 14.2 Å². The van der Waals surface area contributed by atoms with Crippen molar-refractivity contribution >= 4 is 28.9 Å². The van der Waals surface area contributed by atoms with Gasteiger partial charge in [0.1, 0.15) is 12.4 Å². The molecule has 0 spiro atoms. The predicted octanol–water partition coefficient (Wildman–Crippen LogP) is 4.10. The van der Waals surface area contributed by atoms with Gasteiger partial charge in [0.2, 0.25) is 0 Å². The van der Waals surface area contributed by atoms with Crippen LogP contribution in [0.15, 0.2) is 54.6 Å². The molecule has 0 saturated carbocycles. The van der Waals surface area contributed by atoms with Crippen molar-refractivity contribution in [3.63, 3.8) is 0 Å². The van der Waals surface area contributed by atoms with E-state index in [0.29, 0.717) is 17.0 Å². The van der Waals surface area contributed by atoms with E-state index in [1.165, 1.54) is 13.2 Å². The molecule has 0 aliphatic carbocycles. The number of aromatic nitrogens is 1. The van der Waals surface area contributed by atoms with Crippen LogP contribution in [0.4, 0.5) is 0 Å². The number of hydrogen-bond acceptors (Lipinski definition) is 6. The lowest BCUT2D eigenvalue weighted by Gasteiger charge is -2.13. The van der Waals surface area contributed by atoms with Crippen molar-refractivity contribution in [1.82, 2.24) is 4.98 Å². The maximum atomic E-state index is 12.3. The molecule has 1 aromatic heterocycles. The Morgan fingerprint density at radius 3 is 2.62 bits per heavy atom. The number of rotatable bonds is 6. The molecule has 3 rings (SSSR count). The maximum Gasteiger partial charge on any atom is 0.340 e. The Morgan fingerprint density at radius 2 is 1.86 bits per heavy atom. The van der Waals surface area contributed by atoms with Crippen LogP contribution in [0.3, 0.4) is 0 Å². The molecule has 0 unspecified atom stereocenters. The lowest BCUT2D eigenvalue weighted by atomic mass is 10.0. The number of fused-ring (bicyclic) bond motifs is 1. The highest BCUT2D eigenvalue weighted by Crippen LogP contribution is 2.24. The van der Waals surface area contributed by atoms with E-state index in [2.05, 4.69) is 4.98 Å². The topological polar surface area (TPSA) is 74.7 Å². The summed E-state index contributed by atoms with van der Waals surface area (Å²) in [7, 11) is 2.89. The lowest BCUT2D eigenvalue weighted by molar-refractivity contribution is -0.139. The van der Waals surface area contributed by atoms with Crippen molar-refractivity contribution in [1.29, 1.82) is 0 Å². The number of aryl methyl sites for hydroxylation is 1. The molecular formula is C23H21NO5. The third-order valence-corrected chi connectivity index (χ3v) is 4.47. The minimum atomic E-state index is -0.545. The Balaban J connectivity index is 1.81. The zero-order chi connectivity index (χ0) is 20.8. The monoisotopic (exact) mass is 391 g/mol. The smallest absolute Gasteiger partial charge is 0.340 e. The summed E-state index contributed by atoms with van der Waals surface area (Å²) in [5.41, 5.74) is 2.93. The van der Waals surface area contributed by atoms with Crippen LogP contribution in [-0.2, 0) is 20.9 Å². The van der Waals surface area contributed by atoms with E-state index in [1.54, 1.807) is 19.3 Å². The Labute approximate surface area is 168 Å². The van der Waals surface area contributed by atoms with Crippen molar-refractivity contribution < 1.29 is 23.8 Å². The number of para-hydroxylation sites is 1. The molecule has 6 nitrogen and oxygen atoms in total. The summed E-state index contributed by atoms with van der Waals surface area (Å²) in [5.74, 6) is -0.367. The van der Waals surface area contributed by atoms with Gasteiger partial charge in [-0.3, -0.25) is 0 Å². The van der Waals surface area contributed by atoms with Gasteiger partial charge in [0.05, 0.1) is 31.0 Å². The third-order valence-electron chi connectivity index (χ3n) is 4.47. The number of benzene rings is 2. The molecule has 148 valence electrons. The third kappa shape index (κ3) is 4.60. The minimum absolute atomic E-state index is 0.141. The number of hydrogen-bond donors (Lipinski definition) is 0. The Morgan fingerprint density at radius 1 is 1.07 bits per heavy atom. The molecule has 0 atom stereocenters. The van der Waals surface area contributed by atoms with Crippen LogP contribution < -0.4 is 4.74 Å². The zero-order valence-corrected chi connectivity index (χ0v) is 16.5. The SMILES string of the molecule is COC(=O)c1c(COC(=O)/C=C/c2cccc(OC)c2)nc2ccccc2c1C. The highest BCUT2D eigenvalue weighted by Gasteiger charge is 2.20. The van der Waals surface area contributed by atoms with Crippen molar-refractivity contribution in [3.8, 4) is 5.75 Å². The standard InChI is InChI=1S/C23H21NO5/c1-15-18-9-4-5-10-19(18)24-20(22(15)23(26)28-3)14-29-21(25)12-11-16-7-6-8-17(13-16)27-2/h4-13H,14H2,1-3H3/b12-11+. The molecule has 0 saturated heterocycles. The molecular weight excluding hydrogens is 370 g/mol. The largest absolute Gasteiger partial charge is 0.497 e. The molecule has 1 heterocycles. The first kappa shape index (κ1) is 20.1. The summed E-state index contributed by atoms with van der Waals surface area (Å²) in [6.07, 6.45) is 2.95. The highest BCUT2D eigenvalue weighted by atomic mass is 16.5. The normalized spacial score (nSPS) is 10.9. The molecule has 0 aliphatic rings. The lowest BCUT2D eigenvalue weighted by Crippen LogP contribution is -2.13. The summed E-state index contributed by atoms with van der Waals surface area (Å²) >= 11 is 0. The Kier molecular flexibility index (Phi) is 6.24. The second kappa shape index (κ2) is 9.01. The quantitative estimate of drug-likeness (QED) is 0.465. The van der Waals surface area contributed by atoms with Crippen molar-refractivity contribution in [2.45, 2.75) is 13.5 Å². The van der Waals surface area contributed by atoms with E-state index >= 15 is 0 Å². The van der Waals surface area contributed by atoms with E-state index in [4.69, 9.17) is 14.2 Å². The molecule has 3 aromatic rings. The molecule has 0 fully saturated rings. The fraction of sp³-hybridized carbons (Fsp3) is 0.174. The molecule has 0 aliphatic heterocycles. The molecule has 0 N–H and O–H groups in total. The molecule has 29 heavy (non-hydrogen) atoms. The predicted molar refractivity (Wildman–Crippen MR) is 110 cm³/mol. The van der Waals surface area contributed by atoms with Crippen LogP contribution >= 0.6 is 0 Å². The first-order valence-electron chi connectivity index (χ1n) is 8.99. The van der Waals surface area contributed by atoms with Crippen LogP contribution in [0.1, 0.15) is 27.2 Å². The fourth-order valence-electron chi connectivity index (χ4n) is 3.02. The number of methoxy groups -OCH3 is 2. The second-order valence-corrected chi connectivity index (χ2v) is 6.28. The van der Waals surface area contributed by atoms with Crippen LogP contribution in [0.25, 0.3) is 17.0 Å². The van der Waals surface area contributed by atoms with Crippen LogP contribution in [-0.4, -0.2) is 31.1 Å². The number of esters is 2. The highest BCUT2D eigenvalue weighted by molar-refractivity contribution is 5.98. The molecule has 0 radical (unpaired) electrons. The van der Waals surface area contributed by atoms with Gasteiger partial charge in [0.15, 0.2) is 0 Å². The van der Waals surface area contributed by atoms with Gasteiger partial charge in [-0.05, 0) is 42.3 Å². The van der Waals surface area contributed by atoms with Gasteiger partial charge in [-0.1, -0.05) is 30.3 Å². The van der Waals surface area contributed by atoms with Gasteiger partial charge in [0.25, 0.3) is 0 Å². The Bertz CT molecular complexity index is 1090. The zero-order valence-electron chi connectivity index (χ0n) is 16.5. The van der Waals surface area contributed by atoms with Gasteiger partial charge in [-0.2, -0.15) is 0 Å². The first-order chi connectivity index (χ1) is 14.0. The van der Waals surface area contributed by atoms with E-state index in [1.807, 2.05) is 49.4 Å². The van der Waals surface area contributed by atoms with Crippen LogP contribution in [0.5, 0.6) is 5.75 Å². The van der Waals surface area contributed by atoms with Crippen molar-refractivity contribution in [2.24, 2.45) is 0 Å². The molecule has 0 bridgehead atoms. The fourth-order valence-corrected chi connectivity index (χ4v) is 3.02. The Hall–Kier alpha value is -3.67. The summed E-state index contributed by atoms with van der Waals surface area (Å²) in [6, 6.07) is 14.8. The van der Waals surface area contributed by atoms with E-state index in [-0.39, 0.29) is 6.61 Å². The average molecular weight is 391 g/mol. The van der Waals surface area contributed by atoms with Gasteiger partial charge in [-0.15, -0.1) is 0 Å². The van der Waals surface area contributed by atoms with Crippen molar-refractivity contribution in [2.75, 3.05) is 14.2 Å². The molecule has 6 heteroatoms.